The molecule has 1 unspecified atom stereocenters. The van der Waals surface area contributed by atoms with E-state index in [4.69, 9.17) is 4.74 Å². The molecular formula is C15H23NO2. The lowest BCUT2D eigenvalue weighted by molar-refractivity contribution is 0.0767. The Balaban J connectivity index is 1.76. The van der Waals surface area contributed by atoms with Crippen LogP contribution in [0.2, 0.25) is 0 Å². The van der Waals surface area contributed by atoms with Gasteiger partial charge in [-0.3, -0.25) is 0 Å². The minimum absolute atomic E-state index is 0.320. The van der Waals surface area contributed by atoms with Crippen LogP contribution in [0.3, 0.4) is 0 Å². The SMILES string of the molecule is CC(C)OCCCNC1CCc2cc(O)ccc21. The van der Waals surface area contributed by atoms with Crippen LogP contribution in [0.5, 0.6) is 5.75 Å². The summed E-state index contributed by atoms with van der Waals surface area (Å²) < 4.78 is 5.52. The summed E-state index contributed by atoms with van der Waals surface area (Å²) in [5.74, 6) is 0.375. The van der Waals surface area contributed by atoms with Crippen molar-refractivity contribution >= 4 is 0 Å². The lowest BCUT2D eigenvalue weighted by Gasteiger charge is -2.14. The number of aryl methyl sites for hydroxylation is 1. The number of hydrogen-bond donors (Lipinski definition) is 2. The molecule has 2 N–H and O–H groups in total. The number of ether oxygens (including phenoxy) is 1. The quantitative estimate of drug-likeness (QED) is 0.762. The summed E-state index contributed by atoms with van der Waals surface area (Å²) in [5.41, 5.74) is 2.63. The minimum Gasteiger partial charge on any atom is -0.508 e. The first-order chi connectivity index (χ1) is 8.66. The largest absolute Gasteiger partial charge is 0.508 e. The molecule has 0 saturated heterocycles. The zero-order chi connectivity index (χ0) is 13.0. The third-order valence-electron chi connectivity index (χ3n) is 3.37. The van der Waals surface area contributed by atoms with Crippen molar-refractivity contribution in [2.75, 3.05) is 13.2 Å². The van der Waals surface area contributed by atoms with E-state index in [2.05, 4.69) is 19.2 Å². The van der Waals surface area contributed by atoms with Gasteiger partial charge >= 0.3 is 0 Å². The van der Waals surface area contributed by atoms with E-state index in [1.807, 2.05) is 12.1 Å². The molecule has 3 heteroatoms. The minimum atomic E-state index is 0.320. The molecule has 3 nitrogen and oxygen atoms in total. The van der Waals surface area contributed by atoms with Crippen molar-refractivity contribution in [1.82, 2.24) is 5.32 Å². The average Bonchev–Trinajstić information content (AvgIpc) is 2.70. The van der Waals surface area contributed by atoms with Crippen LogP contribution >= 0.6 is 0 Å². The van der Waals surface area contributed by atoms with Crippen molar-refractivity contribution < 1.29 is 9.84 Å². The molecule has 0 spiro atoms. The summed E-state index contributed by atoms with van der Waals surface area (Å²) in [6.07, 6.45) is 3.55. The van der Waals surface area contributed by atoms with Gasteiger partial charge in [-0.15, -0.1) is 0 Å². The number of benzene rings is 1. The Labute approximate surface area is 109 Å². The average molecular weight is 249 g/mol. The Morgan fingerprint density at radius 2 is 2.28 bits per heavy atom. The molecule has 1 atom stereocenters. The standard InChI is InChI=1S/C15H23NO2/c1-11(2)18-9-3-8-16-15-7-4-12-10-13(17)5-6-14(12)15/h5-6,10-11,15-17H,3-4,7-9H2,1-2H3. The van der Waals surface area contributed by atoms with Crippen molar-refractivity contribution in [2.24, 2.45) is 0 Å². The highest BCUT2D eigenvalue weighted by Gasteiger charge is 2.21. The Kier molecular flexibility index (Phi) is 4.61. The van der Waals surface area contributed by atoms with Gasteiger partial charge in [0, 0.05) is 12.6 Å². The number of hydrogen-bond acceptors (Lipinski definition) is 3. The second-order valence-corrected chi connectivity index (χ2v) is 5.20. The molecule has 0 saturated carbocycles. The monoisotopic (exact) mass is 249 g/mol. The Morgan fingerprint density at radius 3 is 3.06 bits per heavy atom. The first-order valence-electron chi connectivity index (χ1n) is 6.83. The van der Waals surface area contributed by atoms with Crippen molar-refractivity contribution in [1.29, 1.82) is 0 Å². The van der Waals surface area contributed by atoms with Gasteiger partial charge in [0.2, 0.25) is 0 Å². The Bertz CT molecular complexity index is 390. The molecular weight excluding hydrogens is 226 g/mol. The predicted octanol–water partition coefficient (Wildman–Crippen LogP) is 2.78. The summed E-state index contributed by atoms with van der Waals surface area (Å²) in [4.78, 5) is 0. The number of fused-ring (bicyclic) bond motifs is 1. The molecule has 0 heterocycles. The number of rotatable bonds is 6. The summed E-state index contributed by atoms with van der Waals surface area (Å²) in [6.45, 7) is 5.93. The first kappa shape index (κ1) is 13.4. The van der Waals surface area contributed by atoms with Crippen LogP contribution in [0.4, 0.5) is 0 Å². The molecule has 1 aromatic rings. The molecule has 1 aliphatic rings. The molecule has 0 amide bonds. The van der Waals surface area contributed by atoms with Crippen LogP contribution in [-0.4, -0.2) is 24.4 Å². The fourth-order valence-corrected chi connectivity index (χ4v) is 2.48. The molecule has 0 aromatic heterocycles. The third kappa shape index (κ3) is 3.47. The molecule has 0 radical (unpaired) electrons. The van der Waals surface area contributed by atoms with Crippen LogP contribution in [-0.2, 0) is 11.2 Å². The maximum Gasteiger partial charge on any atom is 0.115 e. The molecule has 0 fully saturated rings. The summed E-state index contributed by atoms with van der Waals surface area (Å²) >= 11 is 0. The number of aromatic hydroxyl groups is 1. The predicted molar refractivity (Wildman–Crippen MR) is 72.9 cm³/mol. The van der Waals surface area contributed by atoms with E-state index in [0.717, 1.165) is 32.4 Å². The summed E-state index contributed by atoms with van der Waals surface area (Å²) in [7, 11) is 0. The molecule has 100 valence electrons. The highest BCUT2D eigenvalue weighted by Crippen LogP contribution is 2.32. The summed E-state index contributed by atoms with van der Waals surface area (Å²) in [5, 5.41) is 13.0. The van der Waals surface area contributed by atoms with Crippen molar-refractivity contribution in [3.05, 3.63) is 29.3 Å². The number of phenols is 1. The van der Waals surface area contributed by atoms with E-state index >= 15 is 0 Å². The topological polar surface area (TPSA) is 41.5 Å². The molecule has 0 bridgehead atoms. The van der Waals surface area contributed by atoms with Gasteiger partial charge in [0.05, 0.1) is 6.10 Å². The van der Waals surface area contributed by atoms with Gasteiger partial charge in [0.15, 0.2) is 0 Å². The second kappa shape index (κ2) is 6.21. The van der Waals surface area contributed by atoms with Crippen LogP contribution in [0.15, 0.2) is 18.2 Å². The smallest absolute Gasteiger partial charge is 0.115 e. The van der Waals surface area contributed by atoms with E-state index in [1.54, 1.807) is 6.07 Å². The van der Waals surface area contributed by atoms with E-state index in [0.29, 0.717) is 17.9 Å². The summed E-state index contributed by atoms with van der Waals surface area (Å²) in [6, 6.07) is 6.15. The van der Waals surface area contributed by atoms with Crippen LogP contribution in [0.1, 0.15) is 43.9 Å². The van der Waals surface area contributed by atoms with Gasteiger partial charge in [-0.05, 0) is 62.9 Å². The fraction of sp³-hybridized carbons (Fsp3) is 0.600. The van der Waals surface area contributed by atoms with Crippen molar-refractivity contribution in [2.45, 2.75) is 45.3 Å². The normalized spacial score (nSPS) is 18.3. The zero-order valence-corrected chi connectivity index (χ0v) is 11.3. The highest BCUT2D eigenvalue weighted by atomic mass is 16.5. The lowest BCUT2D eigenvalue weighted by Crippen LogP contribution is -2.22. The molecule has 18 heavy (non-hydrogen) atoms. The number of phenolic OH excluding ortho intramolecular Hbond substituents is 1. The fourth-order valence-electron chi connectivity index (χ4n) is 2.48. The lowest BCUT2D eigenvalue weighted by atomic mass is 10.1. The third-order valence-corrected chi connectivity index (χ3v) is 3.37. The Hall–Kier alpha value is -1.06. The van der Waals surface area contributed by atoms with Gasteiger partial charge in [0.25, 0.3) is 0 Å². The molecule has 0 aliphatic heterocycles. The molecule has 1 aromatic carbocycles. The molecule has 1 aliphatic carbocycles. The van der Waals surface area contributed by atoms with Gasteiger partial charge in [0.1, 0.15) is 5.75 Å². The van der Waals surface area contributed by atoms with Crippen LogP contribution in [0.25, 0.3) is 0 Å². The maximum atomic E-state index is 9.44. The number of nitrogens with one attached hydrogen (secondary N) is 1. The van der Waals surface area contributed by atoms with Gasteiger partial charge < -0.3 is 15.2 Å². The van der Waals surface area contributed by atoms with Crippen molar-refractivity contribution in [3.8, 4) is 5.75 Å². The van der Waals surface area contributed by atoms with Gasteiger partial charge in [-0.1, -0.05) is 6.07 Å². The maximum absolute atomic E-state index is 9.44. The van der Waals surface area contributed by atoms with Crippen molar-refractivity contribution in [3.63, 3.8) is 0 Å². The molecule has 2 rings (SSSR count). The van der Waals surface area contributed by atoms with E-state index in [-0.39, 0.29) is 0 Å². The first-order valence-corrected chi connectivity index (χ1v) is 6.83. The van der Waals surface area contributed by atoms with E-state index < -0.39 is 0 Å². The van der Waals surface area contributed by atoms with E-state index in [1.165, 1.54) is 11.1 Å². The van der Waals surface area contributed by atoms with Crippen LogP contribution < -0.4 is 5.32 Å². The zero-order valence-electron chi connectivity index (χ0n) is 11.3. The Morgan fingerprint density at radius 1 is 1.44 bits per heavy atom. The van der Waals surface area contributed by atoms with Gasteiger partial charge in [-0.2, -0.15) is 0 Å². The van der Waals surface area contributed by atoms with Gasteiger partial charge in [-0.25, -0.2) is 0 Å². The second-order valence-electron chi connectivity index (χ2n) is 5.20. The highest BCUT2D eigenvalue weighted by molar-refractivity contribution is 5.39. The van der Waals surface area contributed by atoms with Crippen LogP contribution in [0, 0.1) is 0 Å². The van der Waals surface area contributed by atoms with E-state index in [9.17, 15) is 5.11 Å².